The molecular weight excluding hydrogens is 566 g/mol. The number of esters is 1. The van der Waals surface area contributed by atoms with Gasteiger partial charge in [0.1, 0.15) is 12.6 Å². The van der Waals surface area contributed by atoms with Gasteiger partial charge >= 0.3 is 12.1 Å². The second kappa shape index (κ2) is 17.4. The Morgan fingerprint density at radius 2 is 1.64 bits per heavy atom. The Kier molecular flexibility index (Phi) is 13.0. The van der Waals surface area contributed by atoms with Crippen LogP contribution in [0.1, 0.15) is 50.5 Å². The van der Waals surface area contributed by atoms with Crippen molar-refractivity contribution in [1.82, 2.24) is 25.8 Å². The number of piperidine rings is 3. The quantitative estimate of drug-likeness (QED) is 0.254. The largest absolute Gasteiger partial charge is 0.454 e. The molecular formula is C32H45N5O7. The molecule has 0 radical (unpaired) electrons. The molecule has 0 unspecified atom stereocenters. The third-order valence-electron chi connectivity index (χ3n) is 8.32. The molecule has 12 nitrogen and oxygen atoms in total. The highest BCUT2D eigenvalue weighted by Crippen LogP contribution is 2.18. The summed E-state index contributed by atoms with van der Waals surface area (Å²) in [6.07, 6.45) is 8.88. The van der Waals surface area contributed by atoms with Gasteiger partial charge in [0.25, 0.3) is 5.91 Å². The monoisotopic (exact) mass is 611 g/mol. The van der Waals surface area contributed by atoms with Gasteiger partial charge in [-0.25, -0.2) is 9.59 Å². The Bertz CT molecular complexity index is 1150. The van der Waals surface area contributed by atoms with Gasteiger partial charge in [0.2, 0.25) is 11.8 Å². The van der Waals surface area contributed by atoms with Crippen molar-refractivity contribution in [2.45, 2.75) is 57.6 Å². The number of hydrogen-bond acceptors (Lipinski definition) is 8. The molecule has 0 saturated carbocycles. The first-order valence-electron chi connectivity index (χ1n) is 15.8. The number of nitrogens with one attached hydrogen (secondary N) is 3. The Hall–Kier alpha value is -3.93. The summed E-state index contributed by atoms with van der Waals surface area (Å²) in [6, 6.07) is 7.80. The van der Waals surface area contributed by atoms with Crippen LogP contribution in [0.2, 0.25) is 0 Å². The van der Waals surface area contributed by atoms with Crippen molar-refractivity contribution in [3.05, 3.63) is 48.0 Å². The summed E-state index contributed by atoms with van der Waals surface area (Å²) >= 11 is 0. The van der Waals surface area contributed by atoms with Crippen LogP contribution >= 0.6 is 0 Å². The van der Waals surface area contributed by atoms with Crippen LogP contribution in [0.25, 0.3) is 0 Å². The number of benzene rings is 1. The maximum absolute atomic E-state index is 13.1. The number of amides is 4. The minimum atomic E-state index is -1.27. The first kappa shape index (κ1) is 33.0. The van der Waals surface area contributed by atoms with E-state index in [0.29, 0.717) is 38.4 Å². The van der Waals surface area contributed by atoms with Gasteiger partial charge in [0.05, 0.1) is 5.92 Å². The first-order chi connectivity index (χ1) is 21.4. The van der Waals surface area contributed by atoms with Gasteiger partial charge in [-0.1, -0.05) is 36.4 Å². The Balaban J connectivity index is 1.29. The zero-order chi connectivity index (χ0) is 31.1. The molecule has 2 atom stereocenters. The number of ether oxygens (including phenoxy) is 2. The van der Waals surface area contributed by atoms with Gasteiger partial charge in [-0.3, -0.25) is 14.4 Å². The van der Waals surface area contributed by atoms with Crippen LogP contribution in [0.15, 0.2) is 42.5 Å². The zero-order valence-electron chi connectivity index (χ0n) is 25.3. The third kappa shape index (κ3) is 10.7. The van der Waals surface area contributed by atoms with E-state index < -0.39 is 30.6 Å². The van der Waals surface area contributed by atoms with Crippen molar-refractivity contribution in [3.8, 4) is 0 Å². The van der Waals surface area contributed by atoms with Crippen molar-refractivity contribution < 1.29 is 33.4 Å². The first-order valence-corrected chi connectivity index (χ1v) is 15.8. The molecule has 1 aromatic rings. The Labute approximate surface area is 258 Å². The van der Waals surface area contributed by atoms with E-state index in [1.807, 2.05) is 24.3 Å². The minimum Gasteiger partial charge on any atom is -0.454 e. The Morgan fingerprint density at radius 3 is 2.39 bits per heavy atom. The second-order valence-corrected chi connectivity index (χ2v) is 11.6. The van der Waals surface area contributed by atoms with Crippen LogP contribution in [0, 0.1) is 11.8 Å². The summed E-state index contributed by atoms with van der Waals surface area (Å²) in [5, 5.41) is 8.52. The van der Waals surface area contributed by atoms with Crippen molar-refractivity contribution >= 4 is 29.8 Å². The molecule has 4 amide bonds. The van der Waals surface area contributed by atoms with Crippen LogP contribution in [0.5, 0.6) is 0 Å². The minimum absolute atomic E-state index is 0.00767. The maximum atomic E-state index is 13.1. The van der Waals surface area contributed by atoms with Gasteiger partial charge in [0, 0.05) is 32.7 Å². The fourth-order valence-electron chi connectivity index (χ4n) is 5.67. The molecule has 3 aliphatic heterocycles. The zero-order valence-corrected chi connectivity index (χ0v) is 25.3. The lowest BCUT2D eigenvalue weighted by atomic mass is 9.96. The van der Waals surface area contributed by atoms with E-state index in [4.69, 9.17) is 9.47 Å². The summed E-state index contributed by atoms with van der Waals surface area (Å²) in [4.78, 5) is 67.4. The number of allylic oxidation sites excluding steroid dienone is 1. The number of carbonyl (C=O) groups excluding carboxylic acids is 5. The number of rotatable bonds is 11. The van der Waals surface area contributed by atoms with Gasteiger partial charge < -0.3 is 35.2 Å². The molecule has 0 aliphatic carbocycles. The molecule has 3 saturated heterocycles. The van der Waals surface area contributed by atoms with Crippen LogP contribution in [0.3, 0.4) is 0 Å². The van der Waals surface area contributed by atoms with Crippen LogP contribution < -0.4 is 16.0 Å². The van der Waals surface area contributed by atoms with Crippen LogP contribution in [0.4, 0.5) is 4.79 Å². The lowest BCUT2D eigenvalue weighted by molar-refractivity contribution is -0.154. The molecule has 3 fully saturated rings. The van der Waals surface area contributed by atoms with Crippen LogP contribution in [-0.4, -0.2) is 98.0 Å². The van der Waals surface area contributed by atoms with Crippen LogP contribution in [-0.2, 0) is 35.3 Å². The summed E-state index contributed by atoms with van der Waals surface area (Å²) in [6.45, 7) is 3.26. The maximum Gasteiger partial charge on any atom is 0.408 e. The summed E-state index contributed by atoms with van der Waals surface area (Å²) in [5.41, 5.74) is 0.768. The molecule has 240 valence electrons. The molecule has 44 heavy (non-hydrogen) atoms. The molecule has 0 aromatic heterocycles. The number of carbonyl (C=O) groups is 5. The van der Waals surface area contributed by atoms with E-state index in [9.17, 15) is 24.0 Å². The second-order valence-electron chi connectivity index (χ2n) is 11.6. The molecule has 3 aliphatic rings. The highest BCUT2D eigenvalue weighted by Gasteiger charge is 2.30. The van der Waals surface area contributed by atoms with Gasteiger partial charge in [-0.05, 0) is 75.6 Å². The number of alkyl carbamates (subject to hydrolysis) is 1. The molecule has 0 bridgehead atoms. The average Bonchev–Trinajstić information content (AvgIpc) is 3.08. The number of nitrogens with zero attached hydrogens (tertiary/aromatic N) is 2. The van der Waals surface area contributed by atoms with Crippen molar-refractivity contribution in [2.24, 2.45) is 11.8 Å². The molecule has 3 heterocycles. The highest BCUT2D eigenvalue weighted by molar-refractivity contribution is 5.89. The van der Waals surface area contributed by atoms with E-state index >= 15 is 0 Å². The van der Waals surface area contributed by atoms with Gasteiger partial charge in [-0.15, -0.1) is 0 Å². The van der Waals surface area contributed by atoms with E-state index in [1.54, 1.807) is 28.0 Å². The summed E-state index contributed by atoms with van der Waals surface area (Å²) < 4.78 is 10.5. The normalized spacial score (nSPS) is 20.0. The Morgan fingerprint density at radius 1 is 0.909 bits per heavy atom. The van der Waals surface area contributed by atoms with E-state index in [0.717, 1.165) is 50.8 Å². The van der Waals surface area contributed by atoms with Crippen molar-refractivity contribution in [2.75, 3.05) is 52.4 Å². The summed E-state index contributed by atoms with van der Waals surface area (Å²) in [5.74, 6) is -1.66. The molecule has 0 spiro atoms. The van der Waals surface area contributed by atoms with E-state index in [1.165, 1.54) is 0 Å². The average molecular weight is 612 g/mol. The molecule has 4 rings (SSSR count). The SMILES string of the molecule is O=C(N[C@@H](CNC(=O)[C@@H]1CCCN(C(=O)/C=C/C2CCNCC2)C1)C(=O)OCC(=O)N1CCCCC1)OCc1ccccc1. The smallest absolute Gasteiger partial charge is 0.408 e. The van der Waals surface area contributed by atoms with E-state index in [-0.39, 0.29) is 37.4 Å². The fraction of sp³-hybridized carbons (Fsp3) is 0.594. The predicted molar refractivity (Wildman–Crippen MR) is 162 cm³/mol. The van der Waals surface area contributed by atoms with E-state index in [2.05, 4.69) is 16.0 Å². The third-order valence-corrected chi connectivity index (χ3v) is 8.32. The molecule has 12 heteroatoms. The number of likely N-dealkylation sites (tertiary alicyclic amines) is 2. The van der Waals surface area contributed by atoms with Gasteiger partial charge in [0.15, 0.2) is 6.61 Å². The van der Waals surface area contributed by atoms with Crippen molar-refractivity contribution in [3.63, 3.8) is 0 Å². The van der Waals surface area contributed by atoms with Crippen molar-refractivity contribution in [1.29, 1.82) is 0 Å². The lowest BCUT2D eigenvalue weighted by Gasteiger charge is -2.32. The molecule has 1 aromatic carbocycles. The summed E-state index contributed by atoms with van der Waals surface area (Å²) in [7, 11) is 0. The highest BCUT2D eigenvalue weighted by atomic mass is 16.6. The molecule has 3 N–H and O–H groups in total. The predicted octanol–water partition coefficient (Wildman–Crippen LogP) is 1.75. The van der Waals surface area contributed by atoms with Gasteiger partial charge in [-0.2, -0.15) is 0 Å². The number of hydrogen-bond donors (Lipinski definition) is 3. The standard InChI is InChI=1S/C32H45N5O7/c38-28(12-11-24-13-15-33-16-14-24)37-19-7-10-26(21-37)30(40)34-20-27(35-32(42)44-22-25-8-3-1-4-9-25)31(41)43-23-29(39)36-17-5-2-6-18-36/h1,3-4,8-9,11-12,24,26-27,33H,2,5-7,10,13-23H2,(H,34,40)(H,35,42)/b12-11+/t26-,27+/m1/s1. The fourth-order valence-corrected chi connectivity index (χ4v) is 5.67. The topological polar surface area (TPSA) is 146 Å². The lowest BCUT2D eigenvalue weighted by Crippen LogP contribution is -2.52.